The van der Waals surface area contributed by atoms with E-state index in [1.165, 1.54) is 11.8 Å². The van der Waals surface area contributed by atoms with Crippen molar-refractivity contribution in [3.05, 3.63) is 41.2 Å². The Bertz CT molecular complexity index is 600. The summed E-state index contributed by atoms with van der Waals surface area (Å²) in [6.45, 7) is 1.85. The maximum Gasteiger partial charge on any atom is 0.316 e. The van der Waals surface area contributed by atoms with Crippen LogP contribution < -0.4 is 0 Å². The summed E-state index contributed by atoms with van der Waals surface area (Å²) < 4.78 is 5.40. The molecule has 0 fully saturated rings. The average Bonchev–Trinajstić information content (AvgIpc) is 2.88. The van der Waals surface area contributed by atoms with Gasteiger partial charge in [0.15, 0.2) is 0 Å². The number of carboxylic acids is 1. The minimum atomic E-state index is -0.795. The van der Waals surface area contributed by atoms with Crippen LogP contribution in [-0.4, -0.2) is 21.3 Å². The van der Waals surface area contributed by atoms with Crippen LogP contribution >= 0.6 is 23.4 Å². The molecule has 20 heavy (non-hydrogen) atoms. The first-order valence-electron chi connectivity index (χ1n) is 6.15. The monoisotopic (exact) mass is 311 g/mol. The minimum absolute atomic E-state index is 0.415. The second kappa shape index (κ2) is 6.81. The number of rotatable bonds is 6. The quantitative estimate of drug-likeness (QED) is 0.870. The lowest BCUT2D eigenvalue weighted by molar-refractivity contribution is -0.136. The normalized spacial score (nSPS) is 12.3. The number of aliphatic carboxylic acids is 1. The van der Waals surface area contributed by atoms with Crippen LogP contribution in [-0.2, 0) is 10.5 Å². The Morgan fingerprint density at radius 1 is 1.55 bits per heavy atom. The van der Waals surface area contributed by atoms with Gasteiger partial charge in [0.1, 0.15) is 11.5 Å². The summed E-state index contributed by atoms with van der Waals surface area (Å²) in [5.41, 5.74) is 1.53. The van der Waals surface area contributed by atoms with Crippen LogP contribution in [0.25, 0.3) is 11.5 Å². The summed E-state index contributed by atoms with van der Waals surface area (Å²) >= 11 is 7.27. The highest BCUT2D eigenvalue weighted by Gasteiger charge is 2.16. The zero-order chi connectivity index (χ0) is 14.5. The van der Waals surface area contributed by atoms with Crippen LogP contribution in [0.5, 0.6) is 0 Å². The number of halogens is 1. The van der Waals surface area contributed by atoms with Crippen LogP contribution in [0.2, 0.25) is 5.02 Å². The fourth-order valence-corrected chi connectivity index (χ4v) is 2.75. The molecule has 4 nitrogen and oxygen atoms in total. The van der Waals surface area contributed by atoms with Gasteiger partial charge in [0, 0.05) is 16.3 Å². The largest absolute Gasteiger partial charge is 0.480 e. The average molecular weight is 312 g/mol. The zero-order valence-corrected chi connectivity index (χ0v) is 12.4. The van der Waals surface area contributed by atoms with Gasteiger partial charge in [-0.2, -0.15) is 0 Å². The van der Waals surface area contributed by atoms with Gasteiger partial charge in [0.05, 0.1) is 5.69 Å². The van der Waals surface area contributed by atoms with Gasteiger partial charge in [-0.25, -0.2) is 4.98 Å². The topological polar surface area (TPSA) is 63.3 Å². The molecule has 106 valence electrons. The molecule has 1 unspecified atom stereocenters. The molecule has 0 aliphatic heterocycles. The van der Waals surface area contributed by atoms with Gasteiger partial charge in [0.25, 0.3) is 0 Å². The molecule has 1 aromatic heterocycles. The molecule has 0 radical (unpaired) electrons. The Hall–Kier alpha value is -1.46. The number of carboxylic acid groups (broad SMARTS) is 1. The first-order valence-corrected chi connectivity index (χ1v) is 7.57. The molecule has 6 heteroatoms. The molecule has 0 bridgehead atoms. The number of hydrogen-bond donors (Lipinski definition) is 1. The van der Waals surface area contributed by atoms with Crippen molar-refractivity contribution in [1.82, 2.24) is 4.98 Å². The van der Waals surface area contributed by atoms with E-state index in [9.17, 15) is 4.79 Å². The third-order valence-corrected chi connectivity index (χ3v) is 4.34. The van der Waals surface area contributed by atoms with E-state index >= 15 is 0 Å². The molecule has 1 heterocycles. The van der Waals surface area contributed by atoms with Crippen LogP contribution in [0.3, 0.4) is 0 Å². The van der Waals surface area contributed by atoms with Crippen LogP contribution in [0.1, 0.15) is 19.0 Å². The predicted octanol–water partition coefficient (Wildman–Crippen LogP) is 4.09. The first kappa shape index (κ1) is 14.9. The molecule has 0 aliphatic carbocycles. The van der Waals surface area contributed by atoms with Crippen molar-refractivity contribution >= 4 is 29.3 Å². The molecule has 2 aromatic rings. The SMILES string of the molecule is CCC(SCc1coc(-c2cccc(Cl)c2)n1)C(=O)O. The van der Waals surface area contributed by atoms with E-state index in [-0.39, 0.29) is 0 Å². The molecular weight excluding hydrogens is 298 g/mol. The molecule has 0 amide bonds. The number of nitrogens with zero attached hydrogens (tertiary/aromatic N) is 1. The van der Waals surface area contributed by atoms with E-state index in [1.807, 2.05) is 19.1 Å². The van der Waals surface area contributed by atoms with Crippen molar-refractivity contribution in [2.45, 2.75) is 24.3 Å². The van der Waals surface area contributed by atoms with Crippen molar-refractivity contribution in [2.24, 2.45) is 0 Å². The van der Waals surface area contributed by atoms with Gasteiger partial charge in [-0.15, -0.1) is 11.8 Å². The second-order valence-electron chi connectivity index (χ2n) is 4.20. The van der Waals surface area contributed by atoms with E-state index in [1.54, 1.807) is 18.4 Å². The lowest BCUT2D eigenvalue weighted by atomic mass is 10.2. The van der Waals surface area contributed by atoms with E-state index in [0.717, 1.165) is 11.3 Å². The lowest BCUT2D eigenvalue weighted by Gasteiger charge is -2.06. The van der Waals surface area contributed by atoms with E-state index in [2.05, 4.69) is 4.98 Å². The van der Waals surface area contributed by atoms with Crippen LogP contribution in [0.4, 0.5) is 0 Å². The number of hydrogen-bond acceptors (Lipinski definition) is 4. The van der Waals surface area contributed by atoms with Gasteiger partial charge in [-0.3, -0.25) is 4.79 Å². The number of carbonyl (C=O) groups is 1. The van der Waals surface area contributed by atoms with E-state index in [4.69, 9.17) is 21.1 Å². The number of oxazole rings is 1. The summed E-state index contributed by atoms with van der Waals surface area (Å²) in [5.74, 6) is 0.206. The molecule has 0 aliphatic rings. The number of thioether (sulfide) groups is 1. The molecule has 2 rings (SSSR count). The predicted molar refractivity (Wildman–Crippen MR) is 80.0 cm³/mol. The van der Waals surface area contributed by atoms with Crippen LogP contribution in [0, 0.1) is 0 Å². The fraction of sp³-hybridized carbons (Fsp3) is 0.286. The highest BCUT2D eigenvalue weighted by Crippen LogP contribution is 2.25. The third kappa shape index (κ3) is 3.77. The summed E-state index contributed by atoms with van der Waals surface area (Å²) in [7, 11) is 0. The summed E-state index contributed by atoms with van der Waals surface area (Å²) in [4.78, 5) is 15.3. The minimum Gasteiger partial charge on any atom is -0.480 e. The molecule has 1 atom stereocenters. The molecule has 0 saturated heterocycles. The Labute approximate surface area is 126 Å². The Morgan fingerprint density at radius 2 is 2.35 bits per heavy atom. The van der Waals surface area contributed by atoms with Gasteiger partial charge < -0.3 is 9.52 Å². The lowest BCUT2D eigenvalue weighted by Crippen LogP contribution is -2.15. The van der Waals surface area contributed by atoms with Crippen molar-refractivity contribution in [3.8, 4) is 11.5 Å². The van der Waals surface area contributed by atoms with Crippen molar-refractivity contribution < 1.29 is 14.3 Å². The Balaban J connectivity index is 2.04. The third-order valence-electron chi connectivity index (χ3n) is 2.70. The van der Waals surface area contributed by atoms with Crippen molar-refractivity contribution in [2.75, 3.05) is 0 Å². The highest BCUT2D eigenvalue weighted by atomic mass is 35.5. The smallest absolute Gasteiger partial charge is 0.316 e. The molecule has 0 saturated carbocycles. The Kier molecular flexibility index (Phi) is 5.09. The molecule has 0 spiro atoms. The van der Waals surface area contributed by atoms with Gasteiger partial charge in [-0.1, -0.05) is 24.6 Å². The van der Waals surface area contributed by atoms with Gasteiger partial charge >= 0.3 is 5.97 Å². The molecular formula is C14H14ClNO3S. The fourth-order valence-electron chi connectivity index (χ4n) is 1.68. The highest BCUT2D eigenvalue weighted by molar-refractivity contribution is 7.99. The maximum atomic E-state index is 10.9. The Morgan fingerprint density at radius 3 is 3.00 bits per heavy atom. The number of aromatic nitrogens is 1. The molecule has 1 aromatic carbocycles. The first-order chi connectivity index (χ1) is 9.60. The van der Waals surface area contributed by atoms with Crippen LogP contribution in [0.15, 0.2) is 34.9 Å². The standard InChI is InChI=1S/C14H14ClNO3S/c1-2-12(14(17)18)20-8-11-7-19-13(16-11)9-4-3-5-10(15)6-9/h3-7,12H,2,8H2,1H3,(H,17,18). The van der Waals surface area contributed by atoms with Gasteiger partial charge in [-0.05, 0) is 24.6 Å². The van der Waals surface area contributed by atoms with E-state index in [0.29, 0.717) is 23.1 Å². The summed E-state index contributed by atoms with van der Waals surface area (Å²) in [6, 6.07) is 7.24. The van der Waals surface area contributed by atoms with Crippen molar-refractivity contribution in [3.63, 3.8) is 0 Å². The molecule has 1 N–H and O–H groups in total. The summed E-state index contributed by atoms with van der Waals surface area (Å²) in [6.07, 6.45) is 2.14. The number of benzene rings is 1. The van der Waals surface area contributed by atoms with Gasteiger partial charge in [0.2, 0.25) is 5.89 Å². The summed E-state index contributed by atoms with van der Waals surface area (Å²) in [5, 5.41) is 9.19. The maximum absolute atomic E-state index is 10.9. The van der Waals surface area contributed by atoms with E-state index < -0.39 is 11.2 Å². The zero-order valence-electron chi connectivity index (χ0n) is 10.9. The van der Waals surface area contributed by atoms with Crippen molar-refractivity contribution in [1.29, 1.82) is 0 Å². The second-order valence-corrected chi connectivity index (χ2v) is 5.83.